The Morgan fingerprint density at radius 1 is 1.08 bits per heavy atom. The van der Waals surface area contributed by atoms with E-state index in [0.717, 1.165) is 0 Å². The van der Waals surface area contributed by atoms with Crippen molar-refractivity contribution in [3.63, 3.8) is 0 Å². The van der Waals surface area contributed by atoms with Gasteiger partial charge >= 0.3 is 5.97 Å². The van der Waals surface area contributed by atoms with Crippen LogP contribution < -0.4 is 9.64 Å². The summed E-state index contributed by atoms with van der Waals surface area (Å²) >= 11 is 5.81. The SMILES string of the molecule is O=C(O)c1ccc(N2CCN(C(=O)COc3ccc(Cl)cc3)CC2)nc1. The zero-order valence-corrected chi connectivity index (χ0v) is 14.7. The van der Waals surface area contributed by atoms with Crippen molar-refractivity contribution in [2.24, 2.45) is 0 Å². The highest BCUT2D eigenvalue weighted by molar-refractivity contribution is 6.30. The van der Waals surface area contributed by atoms with Crippen LogP contribution in [0.1, 0.15) is 10.4 Å². The molecule has 2 aromatic rings. The molecule has 0 aliphatic carbocycles. The first kappa shape index (κ1) is 18.0. The first-order chi connectivity index (χ1) is 12.5. The van der Waals surface area contributed by atoms with Gasteiger partial charge in [0, 0.05) is 37.4 Å². The van der Waals surface area contributed by atoms with Gasteiger partial charge in [0.05, 0.1) is 5.56 Å². The molecular weight excluding hydrogens is 358 g/mol. The monoisotopic (exact) mass is 375 g/mol. The van der Waals surface area contributed by atoms with Crippen molar-refractivity contribution >= 4 is 29.3 Å². The second kappa shape index (κ2) is 8.05. The molecule has 1 aliphatic rings. The van der Waals surface area contributed by atoms with E-state index in [1.165, 1.54) is 12.3 Å². The summed E-state index contributed by atoms with van der Waals surface area (Å²) in [5.41, 5.74) is 0.155. The molecule has 1 N–H and O–H groups in total. The van der Waals surface area contributed by atoms with Gasteiger partial charge in [-0.25, -0.2) is 9.78 Å². The van der Waals surface area contributed by atoms with Crippen molar-refractivity contribution < 1.29 is 19.4 Å². The number of carbonyl (C=O) groups is 2. The number of aromatic nitrogens is 1. The molecule has 2 heterocycles. The third kappa shape index (κ3) is 4.43. The normalized spacial score (nSPS) is 14.2. The van der Waals surface area contributed by atoms with Crippen molar-refractivity contribution in [1.82, 2.24) is 9.88 Å². The van der Waals surface area contributed by atoms with Gasteiger partial charge in [0.15, 0.2) is 6.61 Å². The van der Waals surface area contributed by atoms with Gasteiger partial charge in [-0.3, -0.25) is 4.79 Å². The Morgan fingerprint density at radius 3 is 2.35 bits per heavy atom. The van der Waals surface area contributed by atoms with Crippen LogP contribution in [0.4, 0.5) is 5.82 Å². The Hall–Kier alpha value is -2.80. The fourth-order valence-electron chi connectivity index (χ4n) is 2.65. The molecule has 1 aliphatic heterocycles. The number of anilines is 1. The number of carboxylic acid groups (broad SMARTS) is 1. The summed E-state index contributed by atoms with van der Waals surface area (Å²) in [5, 5.41) is 9.53. The van der Waals surface area contributed by atoms with Gasteiger partial charge in [-0.1, -0.05) is 11.6 Å². The number of amides is 1. The third-order valence-corrected chi connectivity index (χ3v) is 4.38. The van der Waals surface area contributed by atoms with Crippen LogP contribution in [0.3, 0.4) is 0 Å². The van der Waals surface area contributed by atoms with E-state index in [1.807, 2.05) is 4.90 Å². The minimum Gasteiger partial charge on any atom is -0.484 e. The van der Waals surface area contributed by atoms with Gasteiger partial charge < -0.3 is 19.6 Å². The molecule has 0 unspecified atom stereocenters. The zero-order chi connectivity index (χ0) is 18.5. The molecule has 1 aromatic carbocycles. The number of piperazine rings is 1. The van der Waals surface area contributed by atoms with Crippen molar-refractivity contribution in [2.75, 3.05) is 37.7 Å². The number of pyridine rings is 1. The molecule has 26 heavy (non-hydrogen) atoms. The van der Waals surface area contributed by atoms with Gasteiger partial charge in [0.2, 0.25) is 0 Å². The molecule has 3 rings (SSSR count). The summed E-state index contributed by atoms with van der Waals surface area (Å²) in [6, 6.07) is 10.1. The second-order valence-electron chi connectivity index (χ2n) is 5.82. The van der Waals surface area contributed by atoms with Gasteiger partial charge in [-0.15, -0.1) is 0 Å². The molecule has 1 aromatic heterocycles. The molecule has 7 nitrogen and oxygen atoms in total. The number of hydrogen-bond acceptors (Lipinski definition) is 5. The Morgan fingerprint density at radius 2 is 1.77 bits per heavy atom. The van der Waals surface area contributed by atoms with Gasteiger partial charge in [-0.05, 0) is 36.4 Å². The van der Waals surface area contributed by atoms with Gasteiger partial charge in [0.25, 0.3) is 5.91 Å². The van der Waals surface area contributed by atoms with Crippen LogP contribution in [0.2, 0.25) is 5.02 Å². The summed E-state index contributed by atoms with van der Waals surface area (Å²) < 4.78 is 5.49. The molecule has 1 saturated heterocycles. The van der Waals surface area contributed by atoms with Crippen LogP contribution in [0.15, 0.2) is 42.6 Å². The highest BCUT2D eigenvalue weighted by Gasteiger charge is 2.22. The van der Waals surface area contributed by atoms with Gasteiger partial charge in [-0.2, -0.15) is 0 Å². The first-order valence-electron chi connectivity index (χ1n) is 8.13. The molecule has 0 radical (unpaired) electrons. The number of benzene rings is 1. The van der Waals surface area contributed by atoms with Crippen molar-refractivity contribution in [2.45, 2.75) is 0 Å². The number of nitrogens with zero attached hydrogens (tertiary/aromatic N) is 3. The van der Waals surface area contributed by atoms with E-state index in [1.54, 1.807) is 35.2 Å². The maximum Gasteiger partial charge on any atom is 0.337 e. The minimum absolute atomic E-state index is 0.0206. The van der Waals surface area contributed by atoms with E-state index in [2.05, 4.69) is 4.98 Å². The number of carboxylic acids is 1. The van der Waals surface area contributed by atoms with Crippen molar-refractivity contribution in [3.8, 4) is 5.75 Å². The lowest BCUT2D eigenvalue weighted by Crippen LogP contribution is -2.50. The first-order valence-corrected chi connectivity index (χ1v) is 8.51. The molecule has 1 amide bonds. The third-order valence-electron chi connectivity index (χ3n) is 4.13. The molecular formula is C18H18ClN3O4. The topological polar surface area (TPSA) is 83.0 Å². The van der Waals surface area contributed by atoms with Crippen LogP contribution in [-0.2, 0) is 4.79 Å². The van der Waals surface area contributed by atoms with Crippen molar-refractivity contribution in [3.05, 3.63) is 53.2 Å². The number of aromatic carboxylic acids is 1. The van der Waals surface area contributed by atoms with E-state index in [0.29, 0.717) is 42.8 Å². The maximum absolute atomic E-state index is 12.3. The van der Waals surface area contributed by atoms with Crippen LogP contribution >= 0.6 is 11.6 Å². The summed E-state index contributed by atoms with van der Waals surface area (Å²) in [5.74, 6) is 0.234. The van der Waals surface area contributed by atoms with Gasteiger partial charge in [0.1, 0.15) is 11.6 Å². The van der Waals surface area contributed by atoms with Crippen LogP contribution in [0.5, 0.6) is 5.75 Å². The lowest BCUT2D eigenvalue weighted by Gasteiger charge is -2.35. The number of carbonyl (C=O) groups excluding carboxylic acids is 1. The van der Waals surface area contributed by atoms with Crippen LogP contribution in [0, 0.1) is 0 Å². The quantitative estimate of drug-likeness (QED) is 0.862. The molecule has 1 fully saturated rings. The Balaban J connectivity index is 1.48. The average Bonchev–Trinajstić information content (AvgIpc) is 2.67. The predicted octanol–water partition coefficient (Wildman–Crippen LogP) is 2.16. The van der Waals surface area contributed by atoms with Crippen LogP contribution in [0.25, 0.3) is 0 Å². The lowest BCUT2D eigenvalue weighted by molar-refractivity contribution is -0.133. The van der Waals surface area contributed by atoms with E-state index in [9.17, 15) is 9.59 Å². The van der Waals surface area contributed by atoms with E-state index in [-0.39, 0.29) is 18.1 Å². The largest absolute Gasteiger partial charge is 0.484 e. The molecule has 0 spiro atoms. The fourth-order valence-corrected chi connectivity index (χ4v) is 2.78. The van der Waals surface area contributed by atoms with Crippen LogP contribution in [-0.4, -0.2) is 59.7 Å². The molecule has 0 bridgehead atoms. The maximum atomic E-state index is 12.3. The predicted molar refractivity (Wildman–Crippen MR) is 96.9 cm³/mol. The summed E-state index contributed by atoms with van der Waals surface area (Å²) in [6.45, 7) is 2.36. The number of hydrogen-bond donors (Lipinski definition) is 1. The molecule has 0 saturated carbocycles. The average molecular weight is 376 g/mol. The van der Waals surface area contributed by atoms with Crippen molar-refractivity contribution in [1.29, 1.82) is 0 Å². The smallest absolute Gasteiger partial charge is 0.337 e. The Kier molecular flexibility index (Phi) is 5.58. The Labute approximate surface area is 155 Å². The summed E-state index contributed by atoms with van der Waals surface area (Å²) in [7, 11) is 0. The zero-order valence-electron chi connectivity index (χ0n) is 14.0. The highest BCUT2D eigenvalue weighted by atomic mass is 35.5. The molecule has 0 atom stereocenters. The summed E-state index contributed by atoms with van der Waals surface area (Å²) in [6.07, 6.45) is 1.34. The molecule has 136 valence electrons. The highest BCUT2D eigenvalue weighted by Crippen LogP contribution is 2.17. The molecule has 8 heteroatoms. The Bertz CT molecular complexity index is 772. The van der Waals surface area contributed by atoms with E-state index < -0.39 is 5.97 Å². The number of ether oxygens (including phenoxy) is 1. The summed E-state index contributed by atoms with van der Waals surface area (Å²) in [4.78, 5) is 31.1. The standard InChI is InChI=1S/C18H18ClN3O4/c19-14-2-4-15(5-3-14)26-12-17(23)22-9-7-21(8-10-22)16-6-1-13(11-20-16)18(24)25/h1-6,11H,7-10,12H2,(H,24,25). The van der Waals surface area contributed by atoms with E-state index >= 15 is 0 Å². The lowest BCUT2D eigenvalue weighted by atomic mass is 10.2. The second-order valence-corrected chi connectivity index (χ2v) is 6.26. The number of halogens is 1. The van der Waals surface area contributed by atoms with E-state index in [4.69, 9.17) is 21.4 Å². The minimum atomic E-state index is -1.000. The number of rotatable bonds is 5. The fraction of sp³-hybridized carbons (Fsp3) is 0.278.